The van der Waals surface area contributed by atoms with Gasteiger partial charge in [-0.25, -0.2) is 0 Å². The van der Waals surface area contributed by atoms with E-state index in [4.69, 9.17) is 27.9 Å². The molecule has 0 aromatic heterocycles. The molecule has 1 amide bonds. The van der Waals surface area contributed by atoms with Gasteiger partial charge in [0.05, 0.1) is 6.42 Å². The Balaban J connectivity index is 2.20. The molecule has 5 heteroatoms. The first-order valence-electron chi connectivity index (χ1n) is 6.77. The predicted molar refractivity (Wildman–Crippen MR) is 83.4 cm³/mol. The van der Waals surface area contributed by atoms with Crippen molar-refractivity contribution in [2.75, 3.05) is 19.8 Å². The average molecular weight is 318 g/mol. The van der Waals surface area contributed by atoms with Gasteiger partial charge in [-0.15, -0.1) is 0 Å². The Morgan fingerprint density at radius 3 is 2.75 bits per heavy atom. The maximum atomic E-state index is 11.7. The molecule has 0 aliphatic heterocycles. The van der Waals surface area contributed by atoms with Gasteiger partial charge >= 0.3 is 0 Å². The van der Waals surface area contributed by atoms with Gasteiger partial charge < -0.3 is 10.1 Å². The Morgan fingerprint density at radius 2 is 2.10 bits per heavy atom. The standard InChI is InChI=1S/C15H21Cl2NO2/c1-11(2)10-20-7-3-6-18-15(19)8-12-4-5-13(16)9-14(12)17/h4-5,9,11H,3,6-8,10H2,1-2H3,(H,18,19). The summed E-state index contributed by atoms with van der Waals surface area (Å²) in [6.07, 6.45) is 1.08. The molecule has 0 saturated heterocycles. The van der Waals surface area contributed by atoms with E-state index in [9.17, 15) is 4.79 Å². The first-order chi connectivity index (χ1) is 9.49. The Morgan fingerprint density at radius 1 is 1.35 bits per heavy atom. The Hall–Kier alpha value is -0.770. The van der Waals surface area contributed by atoms with Crippen molar-refractivity contribution >= 4 is 29.1 Å². The maximum Gasteiger partial charge on any atom is 0.224 e. The van der Waals surface area contributed by atoms with Gasteiger partial charge in [-0.05, 0) is 30.0 Å². The summed E-state index contributed by atoms with van der Waals surface area (Å²) in [5, 5.41) is 3.94. The van der Waals surface area contributed by atoms with E-state index in [1.807, 2.05) is 0 Å². The van der Waals surface area contributed by atoms with E-state index >= 15 is 0 Å². The highest BCUT2D eigenvalue weighted by Crippen LogP contribution is 2.21. The Labute approximate surface area is 130 Å². The van der Waals surface area contributed by atoms with E-state index in [2.05, 4.69) is 19.2 Å². The second-order valence-electron chi connectivity index (χ2n) is 5.08. The lowest BCUT2D eigenvalue weighted by molar-refractivity contribution is -0.120. The van der Waals surface area contributed by atoms with Crippen LogP contribution in [0.5, 0.6) is 0 Å². The van der Waals surface area contributed by atoms with Gasteiger partial charge in [0.25, 0.3) is 0 Å². The van der Waals surface area contributed by atoms with Gasteiger partial charge in [-0.1, -0.05) is 43.1 Å². The third-order valence-corrected chi connectivity index (χ3v) is 3.19. The topological polar surface area (TPSA) is 38.3 Å². The van der Waals surface area contributed by atoms with Crippen LogP contribution in [0, 0.1) is 5.92 Å². The summed E-state index contributed by atoms with van der Waals surface area (Å²) < 4.78 is 5.44. The molecule has 1 aromatic rings. The molecule has 0 spiro atoms. The van der Waals surface area contributed by atoms with Crippen LogP contribution >= 0.6 is 23.2 Å². The summed E-state index contributed by atoms with van der Waals surface area (Å²) in [6.45, 7) is 6.26. The minimum atomic E-state index is -0.0434. The average Bonchev–Trinajstić information content (AvgIpc) is 2.36. The highest BCUT2D eigenvalue weighted by atomic mass is 35.5. The quantitative estimate of drug-likeness (QED) is 0.742. The Bertz CT molecular complexity index is 436. The smallest absolute Gasteiger partial charge is 0.224 e. The van der Waals surface area contributed by atoms with E-state index in [-0.39, 0.29) is 12.3 Å². The van der Waals surface area contributed by atoms with E-state index in [0.29, 0.717) is 29.1 Å². The van der Waals surface area contributed by atoms with Crippen molar-refractivity contribution in [3.63, 3.8) is 0 Å². The first-order valence-corrected chi connectivity index (χ1v) is 7.53. The molecule has 1 N–H and O–H groups in total. The summed E-state index contributed by atoms with van der Waals surface area (Å²) in [7, 11) is 0. The number of nitrogens with one attached hydrogen (secondary N) is 1. The summed E-state index contributed by atoms with van der Waals surface area (Å²) >= 11 is 11.8. The summed E-state index contributed by atoms with van der Waals surface area (Å²) in [5.41, 5.74) is 0.782. The number of rotatable bonds is 8. The molecule has 0 heterocycles. The first kappa shape index (κ1) is 17.3. The maximum absolute atomic E-state index is 11.7. The minimum Gasteiger partial charge on any atom is -0.381 e. The van der Waals surface area contributed by atoms with Crippen molar-refractivity contribution in [2.45, 2.75) is 26.7 Å². The summed E-state index contributed by atoms with van der Waals surface area (Å²) in [5.74, 6) is 0.495. The van der Waals surface area contributed by atoms with Crippen molar-refractivity contribution < 1.29 is 9.53 Å². The van der Waals surface area contributed by atoms with Gasteiger partial charge in [0.15, 0.2) is 0 Å². The van der Waals surface area contributed by atoms with Gasteiger partial charge in [0.1, 0.15) is 0 Å². The van der Waals surface area contributed by atoms with Crippen LogP contribution in [0.4, 0.5) is 0 Å². The van der Waals surface area contributed by atoms with Crippen molar-refractivity contribution in [3.8, 4) is 0 Å². The van der Waals surface area contributed by atoms with Crippen LogP contribution in [0.1, 0.15) is 25.8 Å². The van der Waals surface area contributed by atoms with Crippen molar-refractivity contribution in [3.05, 3.63) is 33.8 Å². The monoisotopic (exact) mass is 317 g/mol. The molecule has 0 fully saturated rings. The highest BCUT2D eigenvalue weighted by molar-refractivity contribution is 6.35. The van der Waals surface area contributed by atoms with E-state index in [0.717, 1.165) is 18.6 Å². The van der Waals surface area contributed by atoms with Crippen LogP contribution in [-0.2, 0) is 16.0 Å². The molecular weight excluding hydrogens is 297 g/mol. The van der Waals surface area contributed by atoms with Crippen LogP contribution in [0.15, 0.2) is 18.2 Å². The highest BCUT2D eigenvalue weighted by Gasteiger charge is 2.07. The number of hydrogen-bond donors (Lipinski definition) is 1. The molecule has 0 unspecified atom stereocenters. The second-order valence-corrected chi connectivity index (χ2v) is 5.93. The Kier molecular flexibility index (Phi) is 7.97. The molecule has 1 rings (SSSR count). The van der Waals surface area contributed by atoms with Crippen molar-refractivity contribution in [2.24, 2.45) is 5.92 Å². The number of ether oxygens (including phenoxy) is 1. The van der Waals surface area contributed by atoms with Crippen LogP contribution in [0.25, 0.3) is 0 Å². The molecule has 0 atom stereocenters. The number of hydrogen-bond acceptors (Lipinski definition) is 2. The summed E-state index contributed by atoms with van der Waals surface area (Å²) in [6, 6.07) is 5.15. The predicted octanol–water partition coefficient (Wildman–Crippen LogP) is 3.71. The number of carbonyl (C=O) groups is 1. The fraction of sp³-hybridized carbons (Fsp3) is 0.533. The molecule has 0 radical (unpaired) electrons. The van der Waals surface area contributed by atoms with E-state index < -0.39 is 0 Å². The number of benzene rings is 1. The van der Waals surface area contributed by atoms with Crippen LogP contribution in [0.3, 0.4) is 0 Å². The molecule has 3 nitrogen and oxygen atoms in total. The molecule has 0 bridgehead atoms. The van der Waals surface area contributed by atoms with Crippen molar-refractivity contribution in [1.29, 1.82) is 0 Å². The minimum absolute atomic E-state index is 0.0434. The van der Waals surface area contributed by atoms with Gasteiger partial charge in [-0.3, -0.25) is 4.79 Å². The molecule has 112 valence electrons. The molecule has 20 heavy (non-hydrogen) atoms. The molecule has 1 aromatic carbocycles. The third-order valence-electron chi connectivity index (χ3n) is 2.60. The molecular formula is C15H21Cl2NO2. The van der Waals surface area contributed by atoms with E-state index in [1.165, 1.54) is 0 Å². The SMILES string of the molecule is CC(C)COCCCNC(=O)Cc1ccc(Cl)cc1Cl. The fourth-order valence-electron chi connectivity index (χ4n) is 1.62. The van der Waals surface area contributed by atoms with E-state index in [1.54, 1.807) is 18.2 Å². The van der Waals surface area contributed by atoms with Gasteiger partial charge in [0, 0.05) is 29.8 Å². The third kappa shape index (κ3) is 7.13. The zero-order valence-electron chi connectivity index (χ0n) is 11.9. The van der Waals surface area contributed by atoms with Crippen LogP contribution in [-0.4, -0.2) is 25.7 Å². The van der Waals surface area contributed by atoms with Gasteiger partial charge in [0.2, 0.25) is 5.91 Å². The lowest BCUT2D eigenvalue weighted by Gasteiger charge is -2.08. The van der Waals surface area contributed by atoms with Crippen LogP contribution < -0.4 is 5.32 Å². The largest absolute Gasteiger partial charge is 0.381 e. The molecule has 0 aliphatic rings. The summed E-state index contributed by atoms with van der Waals surface area (Å²) in [4.78, 5) is 11.7. The number of amides is 1. The van der Waals surface area contributed by atoms with Crippen molar-refractivity contribution in [1.82, 2.24) is 5.32 Å². The zero-order chi connectivity index (χ0) is 15.0. The molecule has 0 saturated carbocycles. The van der Waals surface area contributed by atoms with Crippen LogP contribution in [0.2, 0.25) is 10.0 Å². The second kappa shape index (κ2) is 9.22. The zero-order valence-corrected chi connectivity index (χ0v) is 13.4. The van der Waals surface area contributed by atoms with Gasteiger partial charge in [-0.2, -0.15) is 0 Å². The molecule has 0 aliphatic carbocycles. The lowest BCUT2D eigenvalue weighted by atomic mass is 10.1. The normalized spacial score (nSPS) is 10.8. The number of carbonyl (C=O) groups excluding carboxylic acids is 1. The lowest BCUT2D eigenvalue weighted by Crippen LogP contribution is -2.27. The fourth-order valence-corrected chi connectivity index (χ4v) is 2.10. The number of halogens is 2.